The van der Waals surface area contributed by atoms with E-state index in [9.17, 15) is 4.39 Å². The van der Waals surface area contributed by atoms with Crippen molar-refractivity contribution < 1.29 is 18.2 Å². The fraction of sp³-hybridized carbons (Fsp3) is 0.722. The third-order valence-electron chi connectivity index (χ3n) is 4.92. The number of hydrogen-bond donors (Lipinski definition) is 0. The molecule has 1 saturated heterocycles. The molecule has 0 spiro atoms. The van der Waals surface area contributed by atoms with Crippen molar-refractivity contribution in [2.45, 2.75) is 84.3 Å². The monoisotopic (exact) mass is 337 g/mol. The lowest BCUT2D eigenvalue weighted by atomic mass is 9.86. The van der Waals surface area contributed by atoms with Crippen LogP contribution in [-0.2, 0) is 14.7 Å². The first kappa shape index (κ1) is 19.2. The quantitative estimate of drug-likeness (QED) is 0.729. The van der Waals surface area contributed by atoms with Crippen molar-refractivity contribution >= 4 is 7.12 Å². The van der Waals surface area contributed by atoms with Crippen molar-refractivity contribution in [3.63, 3.8) is 0 Å². The molecule has 6 heteroatoms. The minimum Gasteiger partial charge on any atom is -0.398 e. The van der Waals surface area contributed by atoms with E-state index in [4.69, 9.17) is 13.8 Å². The molecule has 1 atom stereocenters. The third kappa shape index (κ3) is 3.91. The number of halogens is 1. The summed E-state index contributed by atoms with van der Waals surface area (Å²) in [5.74, 6) is 0.887. The van der Waals surface area contributed by atoms with Crippen molar-refractivity contribution in [1.29, 1.82) is 0 Å². The Hall–Kier alpha value is -1.14. The van der Waals surface area contributed by atoms with Crippen LogP contribution < -0.4 is 0 Å². The van der Waals surface area contributed by atoms with E-state index in [0.717, 1.165) is 11.5 Å². The van der Waals surface area contributed by atoms with E-state index in [-0.39, 0.29) is 17.1 Å². The summed E-state index contributed by atoms with van der Waals surface area (Å²) >= 11 is 0. The summed E-state index contributed by atoms with van der Waals surface area (Å²) in [7, 11) is -0.940. The molecule has 0 N–H and O–H groups in total. The number of nitrogens with zero attached hydrogens (tertiary/aromatic N) is 1. The maximum Gasteiger partial charge on any atom is 0.524 e. The van der Waals surface area contributed by atoms with Gasteiger partial charge in [-0.15, -0.1) is 0 Å². The van der Waals surface area contributed by atoms with Gasteiger partial charge in [-0.1, -0.05) is 38.9 Å². The van der Waals surface area contributed by atoms with E-state index in [0.29, 0.717) is 6.42 Å². The van der Waals surface area contributed by atoms with Gasteiger partial charge in [0.25, 0.3) is 0 Å². The molecule has 0 amide bonds. The van der Waals surface area contributed by atoms with Crippen molar-refractivity contribution in [3.8, 4) is 0 Å². The Labute approximate surface area is 144 Å². The number of aromatic nitrogens is 1. The normalized spacial score (nSPS) is 22.0. The van der Waals surface area contributed by atoms with Crippen molar-refractivity contribution in [3.05, 3.63) is 29.3 Å². The number of hydrogen-bond acceptors (Lipinski definition) is 4. The molecule has 0 saturated carbocycles. The molecular formula is C18H29BFNO3. The number of allylic oxidation sites excluding steroid dienone is 1. The van der Waals surface area contributed by atoms with Gasteiger partial charge in [0.15, 0.2) is 0 Å². The zero-order valence-electron chi connectivity index (χ0n) is 16.1. The fourth-order valence-corrected chi connectivity index (χ4v) is 2.34. The summed E-state index contributed by atoms with van der Waals surface area (Å²) in [6, 6.07) is 1.95. The van der Waals surface area contributed by atoms with Crippen LogP contribution in [0.2, 0.25) is 0 Å². The van der Waals surface area contributed by atoms with Gasteiger partial charge in [0.2, 0.25) is 0 Å². The Balaban J connectivity index is 2.01. The van der Waals surface area contributed by atoms with E-state index in [1.54, 1.807) is 0 Å². The van der Waals surface area contributed by atoms with E-state index in [1.165, 1.54) is 6.08 Å². The van der Waals surface area contributed by atoms with Crippen LogP contribution in [0.15, 0.2) is 22.4 Å². The van der Waals surface area contributed by atoms with E-state index in [2.05, 4.69) is 25.9 Å². The zero-order valence-corrected chi connectivity index (χ0v) is 16.1. The maximum atomic E-state index is 14.4. The molecule has 0 bridgehead atoms. The average Bonchev–Trinajstić information content (AvgIpc) is 2.99. The predicted molar refractivity (Wildman–Crippen MR) is 93.5 cm³/mol. The van der Waals surface area contributed by atoms with Crippen LogP contribution in [0, 0.1) is 0 Å². The molecule has 1 aromatic rings. The van der Waals surface area contributed by atoms with Crippen LogP contribution in [0.4, 0.5) is 4.39 Å². The molecule has 1 aliphatic heterocycles. The lowest BCUT2D eigenvalue weighted by molar-refractivity contribution is 0.00578. The highest BCUT2D eigenvalue weighted by Gasteiger charge is 2.52. The Bertz CT molecular complexity index is 600. The Morgan fingerprint density at radius 3 is 2.25 bits per heavy atom. The highest BCUT2D eigenvalue weighted by molar-refractivity contribution is 6.53. The van der Waals surface area contributed by atoms with Crippen LogP contribution in [0.1, 0.15) is 79.2 Å². The molecule has 4 nitrogen and oxygen atoms in total. The van der Waals surface area contributed by atoms with E-state index in [1.807, 2.05) is 40.7 Å². The zero-order chi connectivity index (χ0) is 18.3. The second-order valence-corrected chi connectivity index (χ2v) is 8.68. The maximum absolute atomic E-state index is 14.4. The molecule has 1 aliphatic rings. The van der Waals surface area contributed by atoms with Gasteiger partial charge in [-0.3, -0.25) is 0 Å². The molecule has 0 aromatic carbocycles. The van der Waals surface area contributed by atoms with Gasteiger partial charge in [0, 0.05) is 17.4 Å². The summed E-state index contributed by atoms with van der Waals surface area (Å²) in [6.07, 6.45) is 2.03. The van der Waals surface area contributed by atoms with Crippen LogP contribution in [0.5, 0.6) is 0 Å². The summed E-state index contributed by atoms with van der Waals surface area (Å²) < 4.78 is 31.3. The first-order valence-corrected chi connectivity index (χ1v) is 8.52. The van der Waals surface area contributed by atoms with E-state index >= 15 is 0 Å². The van der Waals surface area contributed by atoms with Crippen LogP contribution in [0.25, 0.3) is 0 Å². The summed E-state index contributed by atoms with van der Waals surface area (Å²) in [5.41, 5.74) is -0.725. The lowest BCUT2D eigenvalue weighted by Gasteiger charge is -2.32. The van der Waals surface area contributed by atoms with Crippen molar-refractivity contribution in [1.82, 2.24) is 5.16 Å². The van der Waals surface area contributed by atoms with Crippen LogP contribution >= 0.6 is 0 Å². The molecule has 2 heterocycles. The Kier molecular flexibility index (Phi) is 5.04. The highest BCUT2D eigenvalue weighted by atomic mass is 19.1. The predicted octanol–water partition coefficient (Wildman–Crippen LogP) is 4.95. The van der Waals surface area contributed by atoms with Gasteiger partial charge in [-0.05, 0) is 34.1 Å². The van der Waals surface area contributed by atoms with Crippen LogP contribution in [-0.4, -0.2) is 23.5 Å². The van der Waals surface area contributed by atoms with Crippen molar-refractivity contribution in [2.24, 2.45) is 0 Å². The average molecular weight is 337 g/mol. The molecule has 1 unspecified atom stereocenters. The van der Waals surface area contributed by atoms with E-state index < -0.39 is 18.3 Å². The van der Waals surface area contributed by atoms with Gasteiger partial charge in [0.1, 0.15) is 11.5 Å². The number of rotatable bonds is 4. The second-order valence-electron chi connectivity index (χ2n) is 8.68. The molecule has 1 aromatic heterocycles. The molecule has 0 aliphatic carbocycles. The van der Waals surface area contributed by atoms with Crippen molar-refractivity contribution in [2.75, 3.05) is 0 Å². The Morgan fingerprint density at radius 1 is 1.25 bits per heavy atom. The first-order chi connectivity index (χ1) is 10.8. The van der Waals surface area contributed by atoms with Gasteiger partial charge >= 0.3 is 7.12 Å². The third-order valence-corrected chi connectivity index (χ3v) is 4.92. The molecule has 134 valence electrons. The Morgan fingerprint density at radius 2 is 1.79 bits per heavy atom. The second kappa shape index (κ2) is 6.30. The SMILES string of the molecule is CC(CC=C(F)B1OC(C)(C)C(C)(C)O1)c1cc(C(C)(C)C)on1. The molecule has 1 fully saturated rings. The summed E-state index contributed by atoms with van der Waals surface area (Å²) in [4.78, 5) is 0. The van der Waals surface area contributed by atoms with Gasteiger partial charge in [0.05, 0.1) is 16.9 Å². The molecule has 24 heavy (non-hydrogen) atoms. The minimum atomic E-state index is -0.940. The largest absolute Gasteiger partial charge is 0.524 e. The fourth-order valence-electron chi connectivity index (χ4n) is 2.34. The molecule has 2 rings (SSSR count). The highest BCUT2D eigenvalue weighted by Crippen LogP contribution is 2.39. The topological polar surface area (TPSA) is 44.5 Å². The molecule has 0 radical (unpaired) electrons. The minimum absolute atomic E-state index is 0.0537. The standard InChI is InChI=1S/C18H29BFNO3/c1-12(13-11-14(22-21-13)16(2,3)4)9-10-15(20)19-23-17(5,6)18(7,8)24-19/h10-12H,9H2,1-8H3. The lowest BCUT2D eigenvalue weighted by Crippen LogP contribution is -2.41. The summed E-state index contributed by atoms with van der Waals surface area (Å²) in [6.45, 7) is 15.8. The van der Waals surface area contributed by atoms with Gasteiger partial charge in [-0.2, -0.15) is 0 Å². The first-order valence-electron chi connectivity index (χ1n) is 8.52. The summed E-state index contributed by atoms with van der Waals surface area (Å²) in [5, 5.41) is 4.11. The van der Waals surface area contributed by atoms with Gasteiger partial charge in [-0.25, -0.2) is 4.39 Å². The van der Waals surface area contributed by atoms with Gasteiger partial charge < -0.3 is 13.8 Å². The molecular weight excluding hydrogens is 308 g/mol. The smallest absolute Gasteiger partial charge is 0.398 e. The van der Waals surface area contributed by atoms with Crippen LogP contribution in [0.3, 0.4) is 0 Å².